The Morgan fingerprint density at radius 3 is 2.39 bits per heavy atom. The molecule has 1 aliphatic rings. The molecule has 0 saturated carbocycles. The fourth-order valence-corrected chi connectivity index (χ4v) is 4.47. The van der Waals surface area contributed by atoms with Gasteiger partial charge in [-0.05, 0) is 45.8 Å². The number of thiophene rings is 1. The van der Waals surface area contributed by atoms with Crippen LogP contribution in [0.1, 0.15) is 20.8 Å². The van der Waals surface area contributed by atoms with E-state index in [0.29, 0.717) is 23.5 Å². The molecule has 1 aliphatic heterocycles. The van der Waals surface area contributed by atoms with E-state index in [2.05, 4.69) is 26.9 Å². The first-order valence-electron chi connectivity index (χ1n) is 8.96. The van der Waals surface area contributed by atoms with E-state index in [0.717, 1.165) is 29.0 Å². The van der Waals surface area contributed by atoms with Crippen LogP contribution in [-0.4, -0.2) is 66.3 Å². The van der Waals surface area contributed by atoms with E-state index in [4.69, 9.17) is 5.26 Å². The molecule has 146 valence electrons. The third-order valence-electron chi connectivity index (χ3n) is 4.72. The van der Waals surface area contributed by atoms with Crippen molar-refractivity contribution in [3.8, 4) is 6.07 Å². The molecule has 2 aromatic rings. The number of hydrogen-bond acceptors (Lipinski definition) is 5. The predicted molar refractivity (Wildman–Crippen MR) is 112 cm³/mol. The molecule has 28 heavy (non-hydrogen) atoms. The van der Waals surface area contributed by atoms with Crippen LogP contribution in [0.3, 0.4) is 0 Å². The zero-order valence-electron chi connectivity index (χ0n) is 15.6. The van der Waals surface area contributed by atoms with Gasteiger partial charge in [-0.2, -0.15) is 5.26 Å². The second kappa shape index (κ2) is 9.32. The highest BCUT2D eigenvalue weighted by molar-refractivity contribution is 9.11. The van der Waals surface area contributed by atoms with Gasteiger partial charge in [0, 0.05) is 39.8 Å². The largest absolute Gasteiger partial charge is 0.339 e. The van der Waals surface area contributed by atoms with Gasteiger partial charge in [-0.1, -0.05) is 12.1 Å². The highest BCUT2D eigenvalue weighted by Crippen LogP contribution is 2.23. The van der Waals surface area contributed by atoms with Crippen LogP contribution in [0, 0.1) is 11.3 Å². The number of carbonyl (C=O) groups is 2. The summed E-state index contributed by atoms with van der Waals surface area (Å²) in [5, 5.41) is 8.87. The Kier molecular flexibility index (Phi) is 6.83. The monoisotopic (exact) mass is 460 g/mol. The highest BCUT2D eigenvalue weighted by atomic mass is 79.9. The lowest BCUT2D eigenvalue weighted by molar-refractivity contribution is -0.133. The van der Waals surface area contributed by atoms with Crippen molar-refractivity contribution in [1.29, 1.82) is 5.26 Å². The Balaban J connectivity index is 1.46. The number of hydrogen-bond donors (Lipinski definition) is 0. The van der Waals surface area contributed by atoms with E-state index in [9.17, 15) is 9.59 Å². The van der Waals surface area contributed by atoms with Gasteiger partial charge in [-0.3, -0.25) is 14.5 Å². The molecule has 6 nitrogen and oxygen atoms in total. The standard InChI is InChI=1S/C20H21BrN4O2S/c1-23(20(27)17-6-7-18(21)28-17)14-19(26)25-10-8-24(9-11-25)13-16-4-2-15(12-22)3-5-16/h2-7H,8-11,13-14H2,1H3. The van der Waals surface area contributed by atoms with Crippen LogP contribution in [-0.2, 0) is 11.3 Å². The van der Waals surface area contributed by atoms with Gasteiger partial charge < -0.3 is 9.80 Å². The van der Waals surface area contributed by atoms with Crippen molar-refractivity contribution >= 4 is 39.1 Å². The summed E-state index contributed by atoms with van der Waals surface area (Å²) in [6.07, 6.45) is 0. The first kappa shape index (κ1) is 20.5. The molecule has 0 atom stereocenters. The minimum atomic E-state index is -0.136. The van der Waals surface area contributed by atoms with Crippen LogP contribution in [0.5, 0.6) is 0 Å². The first-order chi connectivity index (χ1) is 13.5. The lowest BCUT2D eigenvalue weighted by Crippen LogP contribution is -2.51. The number of rotatable bonds is 5. The van der Waals surface area contributed by atoms with Crippen LogP contribution >= 0.6 is 27.3 Å². The first-order valence-corrected chi connectivity index (χ1v) is 10.6. The molecule has 2 amide bonds. The molecule has 1 fully saturated rings. The predicted octanol–water partition coefficient (Wildman–Crippen LogP) is 2.80. The molecule has 1 saturated heterocycles. The van der Waals surface area contributed by atoms with Gasteiger partial charge in [0.2, 0.25) is 5.91 Å². The summed E-state index contributed by atoms with van der Waals surface area (Å²) in [6, 6.07) is 13.3. The molecule has 8 heteroatoms. The minimum Gasteiger partial charge on any atom is -0.339 e. The zero-order chi connectivity index (χ0) is 20.1. The Hall–Kier alpha value is -2.21. The SMILES string of the molecule is CN(CC(=O)N1CCN(Cc2ccc(C#N)cc2)CC1)C(=O)c1ccc(Br)s1. The fraction of sp³-hybridized carbons (Fsp3) is 0.350. The maximum Gasteiger partial charge on any atom is 0.264 e. The van der Waals surface area contributed by atoms with E-state index in [1.165, 1.54) is 16.2 Å². The van der Waals surface area contributed by atoms with E-state index in [1.54, 1.807) is 13.1 Å². The molecule has 3 rings (SSSR count). The summed E-state index contributed by atoms with van der Waals surface area (Å²) in [4.78, 5) is 31.2. The second-order valence-electron chi connectivity index (χ2n) is 6.73. The molecule has 0 N–H and O–H groups in total. The fourth-order valence-electron chi connectivity index (χ4n) is 3.09. The van der Waals surface area contributed by atoms with Crippen molar-refractivity contribution in [3.05, 3.63) is 56.2 Å². The Labute approximate surface area is 177 Å². The van der Waals surface area contributed by atoms with Crippen molar-refractivity contribution in [2.45, 2.75) is 6.54 Å². The van der Waals surface area contributed by atoms with Crippen molar-refractivity contribution < 1.29 is 9.59 Å². The van der Waals surface area contributed by atoms with Gasteiger partial charge in [0.1, 0.15) is 0 Å². The van der Waals surface area contributed by atoms with E-state index >= 15 is 0 Å². The Bertz CT molecular complexity index is 882. The molecule has 1 aromatic heterocycles. The molecule has 1 aromatic carbocycles. The molecule has 0 bridgehead atoms. The average molecular weight is 461 g/mol. The van der Waals surface area contributed by atoms with Crippen LogP contribution in [0.25, 0.3) is 0 Å². The highest BCUT2D eigenvalue weighted by Gasteiger charge is 2.24. The van der Waals surface area contributed by atoms with E-state index < -0.39 is 0 Å². The summed E-state index contributed by atoms with van der Waals surface area (Å²) in [5.41, 5.74) is 1.82. The number of nitrogens with zero attached hydrogens (tertiary/aromatic N) is 4. The van der Waals surface area contributed by atoms with Gasteiger partial charge in [0.25, 0.3) is 5.91 Å². The lowest BCUT2D eigenvalue weighted by atomic mass is 10.1. The molecular formula is C20H21BrN4O2S. The minimum absolute atomic E-state index is 0.0236. The molecular weight excluding hydrogens is 440 g/mol. The summed E-state index contributed by atoms with van der Waals surface area (Å²) in [7, 11) is 1.66. The van der Waals surface area contributed by atoms with Gasteiger partial charge in [-0.15, -0.1) is 11.3 Å². The number of halogens is 1. The van der Waals surface area contributed by atoms with Gasteiger partial charge in [0.15, 0.2) is 0 Å². The lowest BCUT2D eigenvalue weighted by Gasteiger charge is -2.35. The van der Waals surface area contributed by atoms with Gasteiger partial charge in [0.05, 0.1) is 26.8 Å². The van der Waals surface area contributed by atoms with Crippen molar-refractivity contribution in [2.24, 2.45) is 0 Å². The van der Waals surface area contributed by atoms with Gasteiger partial charge >= 0.3 is 0 Å². The third kappa shape index (κ3) is 5.19. The van der Waals surface area contributed by atoms with Crippen molar-refractivity contribution in [3.63, 3.8) is 0 Å². The second-order valence-corrected chi connectivity index (χ2v) is 9.19. The number of likely N-dealkylation sites (N-methyl/N-ethyl adjacent to an activating group) is 1. The summed E-state index contributed by atoms with van der Waals surface area (Å²) in [6.45, 7) is 3.79. The number of piperazine rings is 1. The number of nitriles is 1. The topological polar surface area (TPSA) is 67.7 Å². The van der Waals surface area contributed by atoms with Crippen LogP contribution in [0.15, 0.2) is 40.2 Å². The number of amides is 2. The quantitative estimate of drug-likeness (QED) is 0.687. The van der Waals surface area contributed by atoms with E-state index in [-0.39, 0.29) is 18.4 Å². The Morgan fingerprint density at radius 1 is 1.14 bits per heavy atom. The van der Waals surface area contributed by atoms with E-state index in [1.807, 2.05) is 35.2 Å². The smallest absolute Gasteiger partial charge is 0.264 e. The number of benzene rings is 1. The molecule has 0 aliphatic carbocycles. The zero-order valence-corrected chi connectivity index (χ0v) is 18.0. The maximum atomic E-state index is 12.6. The van der Waals surface area contributed by atoms with Crippen LogP contribution in [0.4, 0.5) is 0 Å². The van der Waals surface area contributed by atoms with Crippen molar-refractivity contribution in [1.82, 2.24) is 14.7 Å². The normalized spacial score (nSPS) is 14.5. The average Bonchev–Trinajstić information content (AvgIpc) is 3.14. The summed E-state index contributed by atoms with van der Waals surface area (Å²) >= 11 is 4.72. The molecule has 0 unspecified atom stereocenters. The maximum absolute atomic E-state index is 12.6. The molecule has 2 heterocycles. The number of carbonyl (C=O) groups excluding carboxylic acids is 2. The van der Waals surface area contributed by atoms with Crippen LogP contribution in [0.2, 0.25) is 0 Å². The van der Waals surface area contributed by atoms with Crippen LogP contribution < -0.4 is 0 Å². The third-order valence-corrected chi connectivity index (χ3v) is 6.33. The molecule has 0 radical (unpaired) electrons. The van der Waals surface area contributed by atoms with Gasteiger partial charge in [-0.25, -0.2) is 0 Å². The van der Waals surface area contributed by atoms with Crippen molar-refractivity contribution in [2.75, 3.05) is 39.8 Å². The molecule has 0 spiro atoms. The summed E-state index contributed by atoms with van der Waals surface area (Å²) in [5.74, 6) is -0.159. The Morgan fingerprint density at radius 2 is 1.82 bits per heavy atom. The summed E-state index contributed by atoms with van der Waals surface area (Å²) < 4.78 is 0.897.